The minimum absolute atomic E-state index is 0.0611. The van der Waals surface area contributed by atoms with Crippen LogP contribution in [0.4, 0.5) is 0 Å². The van der Waals surface area contributed by atoms with Crippen molar-refractivity contribution in [2.45, 2.75) is 25.9 Å². The van der Waals surface area contributed by atoms with Crippen molar-refractivity contribution in [1.29, 1.82) is 0 Å². The van der Waals surface area contributed by atoms with Gasteiger partial charge in [-0.05, 0) is 38.0 Å². The van der Waals surface area contributed by atoms with Gasteiger partial charge in [-0.15, -0.1) is 0 Å². The summed E-state index contributed by atoms with van der Waals surface area (Å²) in [6.07, 6.45) is 0.358. The number of allylic oxidation sites excluding steroid dienone is 1. The normalized spacial score (nSPS) is 27.6. The van der Waals surface area contributed by atoms with E-state index in [0.717, 1.165) is 5.56 Å². The van der Waals surface area contributed by atoms with Crippen LogP contribution in [-0.4, -0.2) is 40.8 Å². The molecule has 1 aromatic rings. The van der Waals surface area contributed by atoms with E-state index in [4.69, 9.17) is 14.2 Å². The maximum Gasteiger partial charge on any atom is 0.231 e. The molecule has 3 aliphatic rings. The van der Waals surface area contributed by atoms with Gasteiger partial charge >= 0.3 is 0 Å². The lowest BCUT2D eigenvalue weighted by atomic mass is 9.77. The largest absolute Gasteiger partial charge is 0.508 e. The maximum atomic E-state index is 12.9. The first-order valence-corrected chi connectivity index (χ1v) is 8.28. The summed E-state index contributed by atoms with van der Waals surface area (Å²) in [7, 11) is 0. The summed E-state index contributed by atoms with van der Waals surface area (Å²) in [5, 5.41) is 20.3. The third kappa shape index (κ3) is 2.31. The van der Waals surface area contributed by atoms with E-state index in [0.29, 0.717) is 17.9 Å². The Balaban J connectivity index is 1.64. The van der Waals surface area contributed by atoms with Gasteiger partial charge in [0.05, 0.1) is 12.5 Å². The number of hydrogen-bond acceptors (Lipinski definition) is 7. The summed E-state index contributed by atoms with van der Waals surface area (Å²) < 4.78 is 16.2. The molecule has 2 unspecified atom stereocenters. The van der Waals surface area contributed by atoms with Crippen molar-refractivity contribution in [3.8, 4) is 11.5 Å². The van der Waals surface area contributed by atoms with Gasteiger partial charge in [0.2, 0.25) is 12.6 Å². The first-order chi connectivity index (χ1) is 12.3. The van der Waals surface area contributed by atoms with Crippen LogP contribution >= 0.6 is 0 Å². The Morgan fingerprint density at radius 2 is 1.92 bits per heavy atom. The van der Waals surface area contributed by atoms with Gasteiger partial charge in [-0.1, -0.05) is 6.07 Å². The van der Waals surface area contributed by atoms with E-state index in [-0.39, 0.29) is 36.1 Å². The molecule has 136 valence electrons. The predicted octanol–water partition coefficient (Wildman–Crippen LogP) is 1.59. The van der Waals surface area contributed by atoms with Crippen LogP contribution in [0.15, 0.2) is 40.9 Å². The zero-order valence-corrected chi connectivity index (χ0v) is 14.4. The van der Waals surface area contributed by atoms with Crippen LogP contribution in [0.2, 0.25) is 0 Å². The lowest BCUT2D eigenvalue weighted by Crippen LogP contribution is -2.47. The molecule has 7 nitrogen and oxygen atoms in total. The molecule has 2 aliphatic heterocycles. The number of Topliss-reactive ketones (excluding diaryl/α,β-unsaturated/α-hetero) is 2. The third-order valence-corrected chi connectivity index (χ3v) is 5.02. The van der Waals surface area contributed by atoms with E-state index < -0.39 is 23.1 Å². The van der Waals surface area contributed by atoms with Crippen LogP contribution in [0.3, 0.4) is 0 Å². The van der Waals surface area contributed by atoms with Gasteiger partial charge in [-0.3, -0.25) is 9.59 Å². The summed E-state index contributed by atoms with van der Waals surface area (Å²) in [5.74, 6) is -0.945. The van der Waals surface area contributed by atoms with Gasteiger partial charge in [-0.2, -0.15) is 0 Å². The Kier molecular flexibility index (Phi) is 3.59. The highest BCUT2D eigenvalue weighted by molar-refractivity contribution is 6.26. The van der Waals surface area contributed by atoms with Crippen LogP contribution in [0.1, 0.15) is 19.4 Å². The van der Waals surface area contributed by atoms with Crippen molar-refractivity contribution >= 4 is 11.6 Å². The predicted molar refractivity (Wildman–Crippen MR) is 88.7 cm³/mol. The van der Waals surface area contributed by atoms with Crippen LogP contribution in [-0.2, 0) is 20.7 Å². The minimum atomic E-state index is -2.12. The van der Waals surface area contributed by atoms with E-state index >= 15 is 0 Å². The van der Waals surface area contributed by atoms with E-state index in [9.17, 15) is 19.8 Å². The highest BCUT2D eigenvalue weighted by Crippen LogP contribution is 2.39. The first-order valence-electron chi connectivity index (χ1n) is 8.28. The monoisotopic (exact) mass is 358 g/mol. The Bertz CT molecular complexity index is 891. The fourth-order valence-electron chi connectivity index (χ4n) is 3.49. The van der Waals surface area contributed by atoms with Crippen molar-refractivity contribution in [1.82, 2.24) is 0 Å². The summed E-state index contributed by atoms with van der Waals surface area (Å²) in [5.41, 5.74) is -1.24. The molecule has 2 heterocycles. The SMILES string of the molecule is CC1=C(O)C(C)(O)C(=O)C2=C1OCC(Cc1ccc3c(c1)OCO3)C2=O. The number of benzene rings is 1. The Morgan fingerprint density at radius 3 is 2.69 bits per heavy atom. The van der Waals surface area contributed by atoms with Gasteiger partial charge in [-0.25, -0.2) is 0 Å². The van der Waals surface area contributed by atoms with E-state index in [2.05, 4.69) is 0 Å². The second kappa shape index (κ2) is 5.60. The van der Waals surface area contributed by atoms with Gasteiger partial charge < -0.3 is 24.4 Å². The van der Waals surface area contributed by atoms with Gasteiger partial charge in [0.15, 0.2) is 22.9 Å². The first kappa shape index (κ1) is 16.7. The van der Waals surface area contributed by atoms with Crippen LogP contribution < -0.4 is 9.47 Å². The quantitative estimate of drug-likeness (QED) is 0.774. The minimum Gasteiger partial charge on any atom is -0.508 e. The number of aliphatic hydroxyl groups excluding tert-OH is 1. The summed E-state index contributed by atoms with van der Waals surface area (Å²) in [6.45, 7) is 2.94. The summed E-state index contributed by atoms with van der Waals surface area (Å²) >= 11 is 0. The van der Waals surface area contributed by atoms with Gasteiger partial charge in [0.1, 0.15) is 17.1 Å². The standard InChI is InChI=1S/C19H18O7/c1-9-16-14(18(22)19(2,23)17(9)21)15(20)11(7-24-16)5-10-3-4-12-13(6-10)26-8-25-12/h3-4,6,11,21,23H,5,7-8H2,1-2H3. The maximum absolute atomic E-state index is 12.9. The molecule has 0 spiro atoms. The molecule has 0 saturated carbocycles. The summed E-state index contributed by atoms with van der Waals surface area (Å²) in [4.78, 5) is 25.5. The third-order valence-electron chi connectivity index (χ3n) is 5.02. The molecule has 26 heavy (non-hydrogen) atoms. The number of aliphatic hydroxyl groups is 2. The van der Waals surface area contributed by atoms with Crippen LogP contribution in [0.25, 0.3) is 0 Å². The van der Waals surface area contributed by atoms with Crippen molar-refractivity contribution in [3.05, 3.63) is 46.4 Å². The van der Waals surface area contributed by atoms with Gasteiger partial charge in [0.25, 0.3) is 0 Å². The Hall–Kier alpha value is -2.80. The second-order valence-electron chi connectivity index (χ2n) is 6.84. The molecule has 4 rings (SSSR count). The number of carbonyl (C=O) groups is 2. The number of carbonyl (C=O) groups excluding carboxylic acids is 2. The highest BCUT2D eigenvalue weighted by atomic mass is 16.7. The van der Waals surface area contributed by atoms with E-state index in [1.807, 2.05) is 6.07 Å². The molecule has 2 N–H and O–H groups in total. The Labute approximate surface area is 149 Å². The molecule has 0 saturated heterocycles. The number of ketones is 2. The number of hydrogen-bond donors (Lipinski definition) is 2. The van der Waals surface area contributed by atoms with Crippen molar-refractivity contribution < 1.29 is 34.0 Å². The lowest BCUT2D eigenvalue weighted by Gasteiger charge is -2.34. The topological polar surface area (TPSA) is 102 Å². The molecule has 0 fully saturated rings. The number of ether oxygens (including phenoxy) is 3. The molecular weight excluding hydrogens is 340 g/mol. The van der Waals surface area contributed by atoms with Crippen molar-refractivity contribution in [2.75, 3.05) is 13.4 Å². The molecule has 7 heteroatoms. The lowest BCUT2D eigenvalue weighted by molar-refractivity contribution is -0.136. The number of rotatable bonds is 2. The molecular formula is C19H18O7. The van der Waals surface area contributed by atoms with Gasteiger partial charge in [0, 0.05) is 5.57 Å². The highest BCUT2D eigenvalue weighted by Gasteiger charge is 2.49. The number of fused-ring (bicyclic) bond motifs is 1. The van der Waals surface area contributed by atoms with Crippen LogP contribution in [0, 0.1) is 5.92 Å². The molecule has 0 radical (unpaired) electrons. The smallest absolute Gasteiger partial charge is 0.231 e. The summed E-state index contributed by atoms with van der Waals surface area (Å²) in [6, 6.07) is 5.41. The second-order valence-corrected chi connectivity index (χ2v) is 6.84. The van der Waals surface area contributed by atoms with Crippen LogP contribution in [0.5, 0.6) is 11.5 Å². The van der Waals surface area contributed by atoms with E-state index in [1.165, 1.54) is 13.8 Å². The molecule has 1 aromatic carbocycles. The Morgan fingerprint density at radius 1 is 1.19 bits per heavy atom. The fraction of sp³-hybridized carbons (Fsp3) is 0.368. The molecule has 0 bridgehead atoms. The van der Waals surface area contributed by atoms with Crippen molar-refractivity contribution in [2.24, 2.45) is 5.92 Å². The molecule has 2 atom stereocenters. The van der Waals surface area contributed by atoms with Crippen molar-refractivity contribution in [3.63, 3.8) is 0 Å². The average Bonchev–Trinajstić information content (AvgIpc) is 3.08. The van der Waals surface area contributed by atoms with E-state index in [1.54, 1.807) is 12.1 Å². The molecule has 0 aromatic heterocycles. The molecule has 0 amide bonds. The zero-order chi connectivity index (χ0) is 18.6. The fourth-order valence-corrected chi connectivity index (χ4v) is 3.49. The average molecular weight is 358 g/mol. The molecule has 1 aliphatic carbocycles. The zero-order valence-electron chi connectivity index (χ0n) is 14.4.